The van der Waals surface area contributed by atoms with Crippen molar-refractivity contribution in [2.75, 3.05) is 32.7 Å². The lowest BCUT2D eigenvalue weighted by molar-refractivity contribution is -0.384. The number of likely N-dealkylation sites (N-methyl/N-ethyl adjacent to an activating group) is 1. The van der Waals surface area contributed by atoms with Gasteiger partial charge in [-0.15, -0.1) is 12.4 Å². The van der Waals surface area contributed by atoms with E-state index in [1.165, 1.54) is 16.6 Å². The van der Waals surface area contributed by atoms with E-state index >= 15 is 0 Å². The largest absolute Gasteiger partial charge is 0.320 e. The van der Waals surface area contributed by atoms with Gasteiger partial charge in [-0.05, 0) is 60.1 Å². The third kappa shape index (κ3) is 5.66. The van der Waals surface area contributed by atoms with Crippen molar-refractivity contribution in [3.8, 4) is 5.69 Å². The summed E-state index contributed by atoms with van der Waals surface area (Å²) in [6.07, 6.45) is 2.24. The molecule has 0 amide bonds. The first-order valence-corrected chi connectivity index (χ1v) is 15.3. The number of nitrogens with zero attached hydrogens (tertiary/aromatic N) is 5. The van der Waals surface area contributed by atoms with Crippen LogP contribution in [0.2, 0.25) is 0 Å². The number of piperazine rings is 1. The molecule has 1 saturated heterocycles. The van der Waals surface area contributed by atoms with E-state index in [0.29, 0.717) is 4.47 Å². The minimum Gasteiger partial charge on any atom is -0.320 e. The smallest absolute Gasteiger partial charge is 0.270 e. The van der Waals surface area contributed by atoms with Crippen molar-refractivity contribution in [2.45, 2.75) is 46.7 Å². The van der Waals surface area contributed by atoms with Crippen molar-refractivity contribution < 1.29 is 4.92 Å². The van der Waals surface area contributed by atoms with Gasteiger partial charge in [0, 0.05) is 70.8 Å². The average Bonchev–Trinajstić information content (AvgIpc) is 3.17. The highest BCUT2D eigenvalue weighted by atomic mass is 79.9. The van der Waals surface area contributed by atoms with Gasteiger partial charge >= 0.3 is 0 Å². The van der Waals surface area contributed by atoms with E-state index in [-0.39, 0.29) is 28.2 Å². The Hall–Kier alpha value is -1.96. The lowest BCUT2D eigenvalue weighted by Crippen LogP contribution is -2.49. The molecule has 206 valence electrons. The van der Waals surface area contributed by atoms with Crippen LogP contribution in [0.3, 0.4) is 0 Å². The summed E-state index contributed by atoms with van der Waals surface area (Å²) in [6, 6.07) is 15.4. The summed E-state index contributed by atoms with van der Waals surface area (Å²) in [5.41, 5.74) is 4.38. The zero-order valence-corrected chi connectivity index (χ0v) is 26.3. The van der Waals surface area contributed by atoms with E-state index in [2.05, 4.69) is 102 Å². The molecule has 3 aromatic rings. The molecule has 0 bridgehead atoms. The summed E-state index contributed by atoms with van der Waals surface area (Å²) in [4.78, 5) is 13.5. The predicted octanol–water partition coefficient (Wildman–Crippen LogP) is 7.70. The number of hydrogen-bond donors (Lipinski definition) is 0. The lowest BCUT2D eigenvalue weighted by Gasteiger charge is -2.49. The number of non-ortho nitro benzene ring substituents is 1. The van der Waals surface area contributed by atoms with E-state index in [1.54, 1.807) is 18.2 Å². The van der Waals surface area contributed by atoms with Crippen molar-refractivity contribution in [3.63, 3.8) is 0 Å². The van der Waals surface area contributed by atoms with Crippen LogP contribution in [0, 0.1) is 24.0 Å². The highest BCUT2D eigenvalue weighted by molar-refractivity contribution is 9.10. The van der Waals surface area contributed by atoms with Crippen molar-refractivity contribution in [1.29, 1.82) is 0 Å². The Morgan fingerprint density at radius 3 is 2.21 bits per heavy atom. The van der Waals surface area contributed by atoms with Gasteiger partial charge in [-0.3, -0.25) is 14.8 Å². The Kier molecular flexibility index (Phi) is 9.70. The first-order valence-electron chi connectivity index (χ1n) is 12.8. The van der Waals surface area contributed by atoms with Gasteiger partial charge in [0.25, 0.3) is 5.69 Å². The number of nitro benzene ring substituents is 1. The number of hydrogen-bond acceptors (Lipinski definition) is 4. The fourth-order valence-electron chi connectivity index (χ4n) is 5.43. The molecule has 1 aromatic heterocycles. The molecule has 10 heteroatoms. The summed E-state index contributed by atoms with van der Waals surface area (Å²) in [6.45, 7) is 18.4. The molecule has 0 saturated carbocycles. The number of benzene rings is 2. The second kappa shape index (κ2) is 12.1. The summed E-state index contributed by atoms with van der Waals surface area (Å²) < 4.78 is 11.2. The Balaban J connectivity index is 0.00000400. The third-order valence-electron chi connectivity index (χ3n) is 7.28. The number of nitro groups is 1. The Bertz CT molecular complexity index is 1350. The first kappa shape index (κ1) is 30.6. The summed E-state index contributed by atoms with van der Waals surface area (Å²) in [5.74, 6) is 0. The molecular weight excluding hydrogens is 585 g/mol. The molecule has 0 aliphatic carbocycles. The maximum absolute atomic E-state index is 11.4. The van der Waals surface area contributed by atoms with Crippen molar-refractivity contribution in [2.24, 2.45) is 4.74 Å². The van der Waals surface area contributed by atoms with Gasteiger partial charge in [0.2, 0.25) is 0 Å². The molecule has 1 aliphatic heterocycles. The van der Waals surface area contributed by atoms with Gasteiger partial charge in [-0.1, -0.05) is 45.9 Å². The summed E-state index contributed by atoms with van der Waals surface area (Å²) in [5, 5.41) is 12.5. The molecule has 0 N–H and O–H groups in total. The number of halogens is 2. The third-order valence-corrected chi connectivity index (χ3v) is 12.8. The Labute approximate surface area is 241 Å². The maximum atomic E-state index is 11.4. The van der Waals surface area contributed by atoms with Crippen molar-refractivity contribution >= 4 is 52.2 Å². The molecule has 38 heavy (non-hydrogen) atoms. The molecular formula is C28H38BrClN5O2P. The van der Waals surface area contributed by atoms with Crippen LogP contribution < -0.4 is 5.30 Å². The van der Waals surface area contributed by atoms with Crippen LogP contribution in [0.5, 0.6) is 0 Å². The monoisotopic (exact) mass is 621 g/mol. The summed E-state index contributed by atoms with van der Waals surface area (Å²) in [7, 11) is -2.40. The molecule has 0 radical (unpaired) electrons. The fraction of sp³-hybridized carbons (Fsp3) is 0.429. The zero-order chi connectivity index (χ0) is 27.0. The van der Waals surface area contributed by atoms with Crippen molar-refractivity contribution in [1.82, 2.24) is 14.1 Å². The van der Waals surface area contributed by atoms with Crippen LogP contribution in [-0.4, -0.2) is 56.9 Å². The van der Waals surface area contributed by atoms with Gasteiger partial charge in [0.1, 0.15) is 0 Å². The van der Waals surface area contributed by atoms with E-state index in [1.807, 2.05) is 6.07 Å². The van der Waals surface area contributed by atoms with Crippen LogP contribution in [0.25, 0.3) is 5.69 Å². The quantitative estimate of drug-likeness (QED) is 0.161. The molecule has 0 spiro atoms. The minimum absolute atomic E-state index is 0. The SMILES string of the molecule is CCN1CCN(P(=Nc2ccc([N+](=O)[O-])cc2Br)(c2c(C)cn(-c3ccccc3)c2C)C(C)(C)C)CC1.Cl. The average molecular weight is 623 g/mol. The molecule has 2 aromatic carbocycles. The normalized spacial score (nSPS) is 16.5. The predicted molar refractivity (Wildman–Crippen MR) is 165 cm³/mol. The molecule has 2 heterocycles. The summed E-state index contributed by atoms with van der Waals surface area (Å²) >= 11 is 3.62. The van der Waals surface area contributed by atoms with Gasteiger partial charge in [0.15, 0.2) is 0 Å². The van der Waals surface area contributed by atoms with Crippen LogP contribution >= 0.6 is 35.5 Å². The van der Waals surface area contributed by atoms with Crippen LogP contribution in [0.1, 0.15) is 39.0 Å². The molecule has 4 rings (SSSR count). The van der Waals surface area contributed by atoms with Gasteiger partial charge in [0.05, 0.1) is 17.8 Å². The molecule has 1 unspecified atom stereocenters. The number of aromatic nitrogens is 1. The maximum Gasteiger partial charge on any atom is 0.270 e. The minimum atomic E-state index is -2.40. The number of para-hydroxylation sites is 1. The Morgan fingerprint density at radius 1 is 1.05 bits per heavy atom. The van der Waals surface area contributed by atoms with Crippen LogP contribution in [0.4, 0.5) is 11.4 Å². The lowest BCUT2D eigenvalue weighted by atomic mass is 10.2. The second-order valence-electron chi connectivity index (χ2n) is 10.6. The zero-order valence-electron chi connectivity index (χ0n) is 23.0. The highest BCUT2D eigenvalue weighted by Gasteiger charge is 2.45. The van der Waals surface area contributed by atoms with E-state index in [0.717, 1.165) is 44.1 Å². The first-order chi connectivity index (χ1) is 17.5. The van der Waals surface area contributed by atoms with E-state index in [4.69, 9.17) is 4.74 Å². The van der Waals surface area contributed by atoms with Crippen LogP contribution in [0.15, 0.2) is 63.9 Å². The highest BCUT2D eigenvalue weighted by Crippen LogP contribution is 2.65. The molecule has 7 nitrogen and oxygen atoms in total. The topological polar surface area (TPSA) is 66.9 Å². The van der Waals surface area contributed by atoms with Gasteiger partial charge in [-0.25, -0.2) is 4.74 Å². The number of aryl methyl sites for hydroxylation is 1. The fourth-order valence-corrected chi connectivity index (χ4v) is 10.7. The van der Waals surface area contributed by atoms with Crippen molar-refractivity contribution in [3.05, 3.63) is 80.6 Å². The van der Waals surface area contributed by atoms with Gasteiger partial charge in [-0.2, -0.15) is 0 Å². The molecule has 1 aliphatic rings. The number of rotatable bonds is 6. The van der Waals surface area contributed by atoms with Gasteiger partial charge < -0.3 is 9.47 Å². The van der Waals surface area contributed by atoms with E-state index in [9.17, 15) is 10.1 Å². The van der Waals surface area contributed by atoms with Crippen LogP contribution in [-0.2, 0) is 0 Å². The standard InChI is InChI=1S/C28H37BrN5O2P.ClH/c1-7-31-15-17-32(18-16-31)37(28(4,5)6,30-26-14-13-24(34(35)36)19-25(26)29)27-21(2)20-33(22(27)3)23-11-9-8-10-12-23;/h8-14,19-20H,7,15-18H2,1-6H3;1H. The van der Waals surface area contributed by atoms with E-state index < -0.39 is 7.21 Å². The molecule has 1 atom stereocenters. The molecule has 1 fully saturated rings. The second-order valence-corrected chi connectivity index (χ2v) is 15.2. The Morgan fingerprint density at radius 2 is 1.68 bits per heavy atom.